The van der Waals surface area contributed by atoms with E-state index in [0.29, 0.717) is 11.3 Å². The van der Waals surface area contributed by atoms with Crippen LogP contribution in [0.15, 0.2) is 45.9 Å². The van der Waals surface area contributed by atoms with E-state index in [1.54, 1.807) is 36.7 Å². The molecule has 0 unspecified atom stereocenters. The van der Waals surface area contributed by atoms with Crippen LogP contribution in [0.4, 0.5) is 10.5 Å². The Morgan fingerprint density at radius 3 is 2.67 bits per heavy atom. The number of carbonyl (C=O) groups excluding carboxylic acids is 1. The molecule has 0 aliphatic rings. The smallest absolute Gasteiger partial charge is 0.360 e. The lowest BCUT2D eigenvalue weighted by atomic mass is 10.2. The maximum Gasteiger partial charge on any atom is 0.360 e. The lowest BCUT2D eigenvalue weighted by molar-refractivity contribution is 0.245. The van der Waals surface area contributed by atoms with Crippen molar-refractivity contribution in [2.45, 2.75) is 19.9 Å². The Hall–Kier alpha value is -2.63. The van der Waals surface area contributed by atoms with Crippen molar-refractivity contribution in [3.8, 4) is 11.3 Å². The van der Waals surface area contributed by atoms with Gasteiger partial charge in [-0.3, -0.25) is 9.88 Å². The zero-order chi connectivity index (χ0) is 15.4. The molecule has 2 aromatic heterocycles. The van der Waals surface area contributed by atoms with Crippen LogP contribution in [-0.4, -0.2) is 24.1 Å². The Labute approximate surface area is 122 Å². The molecule has 2 aromatic rings. The highest BCUT2D eigenvalue weighted by atomic mass is 16.4. The predicted molar refractivity (Wildman–Crippen MR) is 80.3 cm³/mol. The third-order valence-electron chi connectivity index (χ3n) is 2.83. The fourth-order valence-electron chi connectivity index (χ4n) is 1.77. The molecular weight excluding hydrogens is 270 g/mol. The first-order valence-corrected chi connectivity index (χ1v) is 6.58. The summed E-state index contributed by atoms with van der Waals surface area (Å²) in [5, 5.41) is 2.71. The van der Waals surface area contributed by atoms with Crippen molar-refractivity contribution < 1.29 is 9.21 Å². The number of hydrogen-bond acceptors (Lipinski definition) is 4. The SMILES string of the molecule is CC(C)NC(=O)N(C)c1ccc(-c2cccnc2)oc1=O. The van der Waals surface area contributed by atoms with Gasteiger partial charge in [-0.2, -0.15) is 0 Å². The molecular formula is C15H17N3O3. The highest BCUT2D eigenvalue weighted by molar-refractivity contribution is 5.91. The number of amides is 2. The highest BCUT2D eigenvalue weighted by Crippen LogP contribution is 2.18. The lowest BCUT2D eigenvalue weighted by Crippen LogP contribution is -2.42. The van der Waals surface area contributed by atoms with E-state index < -0.39 is 5.63 Å². The molecule has 6 nitrogen and oxygen atoms in total. The molecule has 0 aliphatic heterocycles. The van der Waals surface area contributed by atoms with E-state index in [0.717, 1.165) is 0 Å². The van der Waals surface area contributed by atoms with Crippen LogP contribution < -0.4 is 15.8 Å². The van der Waals surface area contributed by atoms with Gasteiger partial charge >= 0.3 is 11.7 Å². The normalized spacial score (nSPS) is 10.5. The quantitative estimate of drug-likeness (QED) is 0.939. The molecule has 0 spiro atoms. The lowest BCUT2D eigenvalue weighted by Gasteiger charge is -2.18. The molecule has 1 N–H and O–H groups in total. The highest BCUT2D eigenvalue weighted by Gasteiger charge is 2.16. The second-order valence-corrected chi connectivity index (χ2v) is 4.88. The van der Waals surface area contributed by atoms with E-state index in [-0.39, 0.29) is 17.8 Å². The first kappa shape index (κ1) is 14.8. The Morgan fingerprint density at radius 1 is 1.33 bits per heavy atom. The van der Waals surface area contributed by atoms with Crippen molar-refractivity contribution in [1.82, 2.24) is 10.3 Å². The van der Waals surface area contributed by atoms with E-state index in [9.17, 15) is 9.59 Å². The van der Waals surface area contributed by atoms with Gasteiger partial charge in [0.05, 0.1) is 0 Å². The summed E-state index contributed by atoms with van der Waals surface area (Å²) in [7, 11) is 1.52. The van der Waals surface area contributed by atoms with Crippen LogP contribution >= 0.6 is 0 Å². The van der Waals surface area contributed by atoms with Crippen molar-refractivity contribution in [1.29, 1.82) is 0 Å². The summed E-state index contributed by atoms with van der Waals surface area (Å²) in [4.78, 5) is 29.1. The molecule has 2 heterocycles. The molecule has 21 heavy (non-hydrogen) atoms. The van der Waals surface area contributed by atoms with Gasteiger partial charge in [0.1, 0.15) is 11.4 Å². The Morgan fingerprint density at radius 2 is 2.10 bits per heavy atom. The minimum absolute atomic E-state index is 0.0124. The van der Waals surface area contributed by atoms with Gasteiger partial charge in [0.25, 0.3) is 0 Å². The fraction of sp³-hybridized carbons (Fsp3) is 0.267. The topological polar surface area (TPSA) is 75.4 Å². The van der Waals surface area contributed by atoms with E-state index >= 15 is 0 Å². The first-order chi connectivity index (χ1) is 9.99. The van der Waals surface area contributed by atoms with E-state index in [4.69, 9.17) is 4.42 Å². The average Bonchev–Trinajstić information content (AvgIpc) is 2.46. The maximum atomic E-state index is 12.0. The molecule has 2 amide bonds. The van der Waals surface area contributed by atoms with Crippen molar-refractivity contribution >= 4 is 11.7 Å². The van der Waals surface area contributed by atoms with Crippen LogP contribution in [0.1, 0.15) is 13.8 Å². The largest absolute Gasteiger partial charge is 0.421 e. The minimum Gasteiger partial charge on any atom is -0.421 e. The molecule has 0 radical (unpaired) electrons. The number of rotatable bonds is 3. The molecule has 2 rings (SSSR count). The van der Waals surface area contributed by atoms with Crippen molar-refractivity contribution in [3.05, 3.63) is 47.1 Å². The number of hydrogen-bond donors (Lipinski definition) is 1. The molecule has 0 fully saturated rings. The monoisotopic (exact) mass is 287 g/mol. The Kier molecular flexibility index (Phi) is 4.37. The predicted octanol–water partition coefficient (Wildman–Crippen LogP) is 2.26. The molecule has 6 heteroatoms. The number of urea groups is 1. The number of pyridine rings is 1. The standard InChI is InChI=1S/C15H17N3O3/c1-10(2)17-15(20)18(3)12-6-7-13(21-14(12)19)11-5-4-8-16-9-11/h4-10H,1-3H3,(H,17,20). The third kappa shape index (κ3) is 3.47. The van der Waals surface area contributed by atoms with Crippen LogP contribution in [0.25, 0.3) is 11.3 Å². The van der Waals surface area contributed by atoms with Gasteiger partial charge in [-0.05, 0) is 38.1 Å². The van der Waals surface area contributed by atoms with E-state index in [1.807, 2.05) is 13.8 Å². The zero-order valence-electron chi connectivity index (χ0n) is 12.2. The second-order valence-electron chi connectivity index (χ2n) is 4.88. The summed E-state index contributed by atoms with van der Waals surface area (Å²) < 4.78 is 5.25. The molecule has 0 aromatic carbocycles. The number of aromatic nitrogens is 1. The van der Waals surface area contributed by atoms with Crippen LogP contribution in [0.3, 0.4) is 0 Å². The van der Waals surface area contributed by atoms with Crippen LogP contribution in [0.2, 0.25) is 0 Å². The number of nitrogens with zero attached hydrogens (tertiary/aromatic N) is 2. The summed E-state index contributed by atoms with van der Waals surface area (Å²) in [6.07, 6.45) is 3.24. The van der Waals surface area contributed by atoms with Crippen molar-refractivity contribution in [2.75, 3.05) is 11.9 Å². The molecule has 110 valence electrons. The van der Waals surface area contributed by atoms with E-state index in [1.165, 1.54) is 11.9 Å². The maximum absolute atomic E-state index is 12.0. The minimum atomic E-state index is -0.572. The summed E-state index contributed by atoms with van der Waals surface area (Å²) in [6.45, 7) is 3.69. The van der Waals surface area contributed by atoms with Crippen LogP contribution in [0, 0.1) is 0 Å². The van der Waals surface area contributed by atoms with Crippen LogP contribution in [-0.2, 0) is 0 Å². The summed E-state index contributed by atoms with van der Waals surface area (Å²) in [6, 6.07) is 6.39. The Balaban J connectivity index is 2.28. The number of anilines is 1. The first-order valence-electron chi connectivity index (χ1n) is 6.58. The number of nitrogens with one attached hydrogen (secondary N) is 1. The van der Waals surface area contributed by atoms with Gasteiger partial charge in [0.15, 0.2) is 0 Å². The summed E-state index contributed by atoms with van der Waals surface area (Å²) >= 11 is 0. The zero-order valence-corrected chi connectivity index (χ0v) is 12.2. The molecule has 0 bridgehead atoms. The van der Waals surface area contributed by atoms with Crippen LogP contribution in [0.5, 0.6) is 0 Å². The van der Waals surface area contributed by atoms with Crippen molar-refractivity contribution in [3.63, 3.8) is 0 Å². The second kappa shape index (κ2) is 6.21. The Bertz CT molecular complexity index is 680. The summed E-state index contributed by atoms with van der Waals surface area (Å²) in [5.41, 5.74) is 0.314. The van der Waals surface area contributed by atoms with Gasteiger partial charge in [-0.1, -0.05) is 0 Å². The molecule has 0 aliphatic carbocycles. The van der Waals surface area contributed by atoms with Gasteiger partial charge in [-0.15, -0.1) is 0 Å². The van der Waals surface area contributed by atoms with Gasteiger partial charge in [-0.25, -0.2) is 9.59 Å². The number of carbonyl (C=O) groups is 1. The van der Waals surface area contributed by atoms with Gasteiger partial charge in [0.2, 0.25) is 0 Å². The van der Waals surface area contributed by atoms with Gasteiger partial charge < -0.3 is 9.73 Å². The molecule has 0 atom stereocenters. The van der Waals surface area contributed by atoms with Crippen molar-refractivity contribution in [2.24, 2.45) is 0 Å². The van der Waals surface area contributed by atoms with E-state index in [2.05, 4.69) is 10.3 Å². The summed E-state index contributed by atoms with van der Waals surface area (Å²) in [5.74, 6) is 0.412. The van der Waals surface area contributed by atoms with Gasteiger partial charge in [0, 0.05) is 31.0 Å². The molecule has 0 saturated heterocycles. The average molecular weight is 287 g/mol. The molecule has 0 saturated carbocycles. The third-order valence-corrected chi connectivity index (χ3v) is 2.83. The fourth-order valence-corrected chi connectivity index (χ4v) is 1.77.